The van der Waals surface area contributed by atoms with Crippen molar-refractivity contribution in [3.63, 3.8) is 0 Å². The standard InChI is InChI=1S/C22H23F2N3O2/c1-14(2)27-18-7-4-3-6-17(18)25-20(27)19-8-5-13-26(19)21(28)15-9-11-16(12-10-15)29-22(23)24/h3-4,6-7,9-12,14,19,22H,5,8,13H2,1-2H3. The zero-order chi connectivity index (χ0) is 20.5. The Morgan fingerprint density at radius 1 is 1.14 bits per heavy atom. The quantitative estimate of drug-likeness (QED) is 0.593. The molecule has 0 aliphatic carbocycles. The van der Waals surface area contributed by atoms with E-state index in [1.54, 1.807) is 0 Å². The molecular formula is C22H23F2N3O2. The molecule has 3 aromatic rings. The first-order valence-corrected chi connectivity index (χ1v) is 9.78. The van der Waals surface area contributed by atoms with Crippen molar-refractivity contribution in [2.24, 2.45) is 0 Å². The first-order chi connectivity index (χ1) is 14.0. The molecule has 7 heteroatoms. The van der Waals surface area contributed by atoms with Gasteiger partial charge >= 0.3 is 6.61 Å². The smallest absolute Gasteiger partial charge is 0.387 e. The molecule has 0 radical (unpaired) electrons. The number of para-hydroxylation sites is 2. The van der Waals surface area contributed by atoms with Gasteiger partial charge in [-0.2, -0.15) is 8.78 Å². The van der Waals surface area contributed by atoms with E-state index in [0.29, 0.717) is 12.1 Å². The Morgan fingerprint density at radius 2 is 1.86 bits per heavy atom. The number of amides is 1. The van der Waals surface area contributed by atoms with Gasteiger partial charge in [0.25, 0.3) is 5.91 Å². The molecule has 152 valence electrons. The van der Waals surface area contributed by atoms with Crippen LogP contribution in [0.5, 0.6) is 5.75 Å². The SMILES string of the molecule is CC(C)n1c(C2CCCN2C(=O)c2ccc(OC(F)F)cc2)nc2ccccc21. The fraction of sp³-hybridized carbons (Fsp3) is 0.364. The number of benzene rings is 2. The van der Waals surface area contributed by atoms with Gasteiger partial charge in [0.05, 0.1) is 17.1 Å². The summed E-state index contributed by atoms with van der Waals surface area (Å²) < 4.78 is 31.3. The van der Waals surface area contributed by atoms with E-state index in [9.17, 15) is 13.6 Å². The first-order valence-electron chi connectivity index (χ1n) is 9.78. The molecule has 0 saturated carbocycles. The minimum Gasteiger partial charge on any atom is -0.435 e. The molecule has 1 saturated heterocycles. The Bertz CT molecular complexity index is 1010. The molecule has 29 heavy (non-hydrogen) atoms. The molecule has 1 aliphatic heterocycles. The molecule has 5 nitrogen and oxygen atoms in total. The summed E-state index contributed by atoms with van der Waals surface area (Å²) in [6.45, 7) is 1.98. The third kappa shape index (κ3) is 3.69. The normalized spacial score (nSPS) is 16.9. The lowest BCUT2D eigenvalue weighted by atomic mass is 10.1. The Morgan fingerprint density at radius 3 is 2.55 bits per heavy atom. The maximum absolute atomic E-state index is 13.2. The lowest BCUT2D eigenvalue weighted by molar-refractivity contribution is -0.0498. The van der Waals surface area contributed by atoms with Gasteiger partial charge in [-0.1, -0.05) is 12.1 Å². The van der Waals surface area contributed by atoms with Crippen LogP contribution in [0.1, 0.15) is 55.0 Å². The number of fused-ring (bicyclic) bond motifs is 1. The van der Waals surface area contributed by atoms with Gasteiger partial charge in [0, 0.05) is 18.2 Å². The van der Waals surface area contributed by atoms with Crippen LogP contribution in [-0.2, 0) is 0 Å². The number of hydrogen-bond donors (Lipinski definition) is 0. The van der Waals surface area contributed by atoms with Crippen molar-refractivity contribution in [1.29, 1.82) is 0 Å². The molecule has 1 aromatic heterocycles. The Kier molecular flexibility index (Phi) is 5.22. The summed E-state index contributed by atoms with van der Waals surface area (Å²) in [5.74, 6) is 0.805. The van der Waals surface area contributed by atoms with E-state index in [2.05, 4.69) is 29.2 Å². The van der Waals surface area contributed by atoms with Gasteiger partial charge in [0.2, 0.25) is 0 Å². The van der Waals surface area contributed by atoms with Crippen molar-refractivity contribution in [3.8, 4) is 5.75 Å². The van der Waals surface area contributed by atoms with Crippen molar-refractivity contribution in [3.05, 3.63) is 59.9 Å². The number of imidazole rings is 1. The minimum absolute atomic E-state index is 0.0381. The largest absolute Gasteiger partial charge is 0.435 e. The number of alkyl halides is 2. The highest BCUT2D eigenvalue weighted by Crippen LogP contribution is 2.36. The lowest BCUT2D eigenvalue weighted by Crippen LogP contribution is -2.32. The van der Waals surface area contributed by atoms with E-state index < -0.39 is 6.61 Å². The number of likely N-dealkylation sites (tertiary alicyclic amines) is 1. The highest BCUT2D eigenvalue weighted by atomic mass is 19.3. The average Bonchev–Trinajstić information content (AvgIpc) is 3.32. The molecule has 4 rings (SSSR count). The predicted molar refractivity (Wildman–Crippen MR) is 106 cm³/mol. The molecule has 1 aliphatic rings. The van der Waals surface area contributed by atoms with Crippen molar-refractivity contribution in [2.75, 3.05) is 6.54 Å². The highest BCUT2D eigenvalue weighted by molar-refractivity contribution is 5.94. The van der Waals surface area contributed by atoms with Gasteiger partial charge in [0.15, 0.2) is 0 Å². The predicted octanol–water partition coefficient (Wildman–Crippen LogP) is 5.20. The van der Waals surface area contributed by atoms with Crippen LogP contribution in [0.25, 0.3) is 11.0 Å². The van der Waals surface area contributed by atoms with Crippen molar-refractivity contribution < 1.29 is 18.3 Å². The van der Waals surface area contributed by atoms with E-state index in [1.807, 2.05) is 23.1 Å². The van der Waals surface area contributed by atoms with Gasteiger partial charge in [-0.25, -0.2) is 4.98 Å². The van der Waals surface area contributed by atoms with Crippen LogP contribution in [0.3, 0.4) is 0 Å². The lowest BCUT2D eigenvalue weighted by Gasteiger charge is -2.26. The van der Waals surface area contributed by atoms with E-state index in [4.69, 9.17) is 4.98 Å². The van der Waals surface area contributed by atoms with Crippen LogP contribution in [0.15, 0.2) is 48.5 Å². The number of carbonyl (C=O) groups excluding carboxylic acids is 1. The number of rotatable bonds is 5. The molecule has 0 N–H and O–H groups in total. The average molecular weight is 399 g/mol. The number of nitrogens with zero attached hydrogens (tertiary/aromatic N) is 3. The van der Waals surface area contributed by atoms with E-state index in [1.165, 1.54) is 24.3 Å². The third-order valence-corrected chi connectivity index (χ3v) is 5.28. The highest BCUT2D eigenvalue weighted by Gasteiger charge is 2.34. The molecule has 1 amide bonds. The fourth-order valence-corrected chi connectivity index (χ4v) is 4.06. The maximum Gasteiger partial charge on any atom is 0.387 e. The summed E-state index contributed by atoms with van der Waals surface area (Å²) in [7, 11) is 0. The summed E-state index contributed by atoms with van der Waals surface area (Å²) in [5, 5.41) is 0. The summed E-state index contributed by atoms with van der Waals surface area (Å²) >= 11 is 0. The Balaban J connectivity index is 1.65. The molecule has 2 heterocycles. The number of halogens is 2. The van der Waals surface area contributed by atoms with Crippen molar-refractivity contribution in [1.82, 2.24) is 14.5 Å². The van der Waals surface area contributed by atoms with Gasteiger partial charge in [-0.05, 0) is 63.1 Å². The second kappa shape index (κ2) is 7.81. The number of hydrogen-bond acceptors (Lipinski definition) is 3. The summed E-state index contributed by atoms with van der Waals surface area (Å²) in [6, 6.07) is 13.9. The summed E-state index contributed by atoms with van der Waals surface area (Å²) in [5.41, 5.74) is 2.43. The van der Waals surface area contributed by atoms with E-state index >= 15 is 0 Å². The van der Waals surface area contributed by atoms with Gasteiger partial charge in [-0.3, -0.25) is 4.79 Å². The van der Waals surface area contributed by atoms with Gasteiger partial charge in [-0.15, -0.1) is 0 Å². The minimum atomic E-state index is -2.89. The zero-order valence-electron chi connectivity index (χ0n) is 16.4. The molecular weight excluding hydrogens is 376 g/mol. The van der Waals surface area contributed by atoms with Crippen LogP contribution in [0.2, 0.25) is 0 Å². The Labute approximate surface area is 167 Å². The van der Waals surface area contributed by atoms with Crippen LogP contribution >= 0.6 is 0 Å². The molecule has 1 atom stereocenters. The second-order valence-electron chi connectivity index (χ2n) is 7.48. The van der Waals surface area contributed by atoms with Crippen molar-refractivity contribution in [2.45, 2.75) is 45.4 Å². The number of aromatic nitrogens is 2. The van der Waals surface area contributed by atoms with Gasteiger partial charge < -0.3 is 14.2 Å². The van der Waals surface area contributed by atoms with Crippen LogP contribution in [-0.4, -0.2) is 33.5 Å². The molecule has 0 bridgehead atoms. The Hall–Kier alpha value is -2.96. The monoisotopic (exact) mass is 399 g/mol. The number of ether oxygens (including phenoxy) is 1. The first kappa shape index (κ1) is 19.4. The van der Waals surface area contributed by atoms with Crippen LogP contribution in [0, 0.1) is 0 Å². The van der Waals surface area contributed by atoms with E-state index in [0.717, 1.165) is 29.7 Å². The third-order valence-electron chi connectivity index (χ3n) is 5.28. The molecule has 1 fully saturated rings. The number of carbonyl (C=O) groups is 1. The van der Waals surface area contributed by atoms with Gasteiger partial charge in [0.1, 0.15) is 11.6 Å². The molecule has 0 spiro atoms. The maximum atomic E-state index is 13.2. The summed E-state index contributed by atoms with van der Waals surface area (Å²) in [4.78, 5) is 19.9. The van der Waals surface area contributed by atoms with Crippen LogP contribution in [0.4, 0.5) is 8.78 Å². The van der Waals surface area contributed by atoms with E-state index in [-0.39, 0.29) is 23.7 Å². The molecule has 2 aromatic carbocycles. The topological polar surface area (TPSA) is 47.4 Å². The fourth-order valence-electron chi connectivity index (χ4n) is 4.06. The zero-order valence-corrected chi connectivity index (χ0v) is 16.4. The second-order valence-corrected chi connectivity index (χ2v) is 7.48. The van der Waals surface area contributed by atoms with Crippen molar-refractivity contribution >= 4 is 16.9 Å². The summed E-state index contributed by atoms with van der Waals surface area (Å²) in [6.07, 6.45) is 1.73. The van der Waals surface area contributed by atoms with Crippen LogP contribution < -0.4 is 4.74 Å². The molecule has 1 unspecified atom stereocenters.